The van der Waals surface area contributed by atoms with E-state index in [1.807, 2.05) is 6.92 Å². The molecule has 3 aliphatic rings. The van der Waals surface area contributed by atoms with Crippen molar-refractivity contribution in [1.29, 1.82) is 0 Å². The molecule has 10 nitrogen and oxygen atoms in total. The SMILES string of the molecule is CC[C@@H]1C(=O)N(C)c2cnc(Cl)nc2N1C1CCCC1.COc1cc(C(=O)NC2CCN(C)CC2)ccc1N. The highest BCUT2D eigenvalue weighted by Gasteiger charge is 2.41. The average molecular weight is 558 g/mol. The quantitative estimate of drug-likeness (QED) is 0.422. The van der Waals surface area contributed by atoms with Crippen LogP contribution in [0.4, 0.5) is 17.2 Å². The van der Waals surface area contributed by atoms with Crippen molar-refractivity contribution in [3.63, 3.8) is 0 Å². The Labute approximate surface area is 235 Å². The number of anilines is 3. The Morgan fingerprint density at radius 2 is 1.87 bits per heavy atom. The van der Waals surface area contributed by atoms with Crippen LogP contribution in [0, 0.1) is 0 Å². The van der Waals surface area contributed by atoms with E-state index in [0.717, 1.165) is 56.7 Å². The van der Waals surface area contributed by atoms with Crippen LogP contribution >= 0.6 is 11.6 Å². The number of hydrogen-bond donors (Lipinski definition) is 2. The third kappa shape index (κ3) is 6.55. The van der Waals surface area contributed by atoms with Crippen LogP contribution in [-0.4, -0.2) is 79.1 Å². The fraction of sp³-hybridized carbons (Fsp3) is 0.571. The molecule has 1 aliphatic carbocycles. The van der Waals surface area contributed by atoms with Crippen molar-refractivity contribution in [2.24, 2.45) is 0 Å². The molecule has 3 N–H and O–H groups in total. The fourth-order valence-electron chi connectivity index (χ4n) is 5.64. The molecule has 2 aliphatic heterocycles. The van der Waals surface area contributed by atoms with Gasteiger partial charge in [0.2, 0.25) is 11.2 Å². The maximum Gasteiger partial charge on any atom is 0.251 e. The standard InChI is InChI=1S/C14H19ClN4O.C14H21N3O2/c1-3-10-13(20)18(2)11-8-16-14(15)17-12(11)19(10)9-6-4-5-7-9;1-17-7-5-11(6-8-17)16-14(18)10-3-4-12(15)13(9-10)19-2/h8-10H,3-7H2,1-2H3;3-4,9,11H,5-8,15H2,1-2H3,(H,16,18)/t10-;/m1./s1. The van der Waals surface area contributed by atoms with Crippen LogP contribution in [0.25, 0.3) is 0 Å². The van der Waals surface area contributed by atoms with Gasteiger partial charge < -0.3 is 30.5 Å². The van der Waals surface area contributed by atoms with Gasteiger partial charge in [-0.05, 0) is 82.0 Å². The zero-order chi connectivity index (χ0) is 28.1. The number of piperidine rings is 1. The Bertz CT molecular complexity index is 1170. The van der Waals surface area contributed by atoms with E-state index in [9.17, 15) is 9.59 Å². The number of halogens is 1. The summed E-state index contributed by atoms with van der Waals surface area (Å²) in [4.78, 5) is 39.3. The maximum atomic E-state index is 12.6. The fourth-order valence-corrected chi connectivity index (χ4v) is 5.77. The lowest BCUT2D eigenvalue weighted by atomic mass is 10.0. The van der Waals surface area contributed by atoms with Gasteiger partial charge in [0, 0.05) is 24.7 Å². The Hall–Kier alpha value is -3.11. The van der Waals surface area contributed by atoms with Crippen LogP contribution in [0.3, 0.4) is 0 Å². The summed E-state index contributed by atoms with van der Waals surface area (Å²) < 4.78 is 5.13. The van der Waals surface area contributed by atoms with Crippen LogP contribution in [0.5, 0.6) is 5.75 Å². The largest absolute Gasteiger partial charge is 0.495 e. The summed E-state index contributed by atoms with van der Waals surface area (Å²) in [6, 6.07) is 5.61. The molecule has 2 fully saturated rings. The molecule has 39 heavy (non-hydrogen) atoms. The van der Waals surface area contributed by atoms with Gasteiger partial charge >= 0.3 is 0 Å². The maximum absolute atomic E-state index is 12.6. The number of nitrogens with one attached hydrogen (secondary N) is 1. The predicted octanol–water partition coefficient (Wildman–Crippen LogP) is 3.74. The Kier molecular flexibility index (Phi) is 9.50. The lowest BCUT2D eigenvalue weighted by Crippen LogP contribution is -2.55. The molecule has 0 radical (unpaired) electrons. The average Bonchev–Trinajstić information content (AvgIpc) is 3.47. The van der Waals surface area contributed by atoms with Gasteiger partial charge in [0.25, 0.3) is 5.91 Å². The molecular formula is C28H40ClN7O3. The number of nitrogen functional groups attached to an aromatic ring is 1. The number of aromatic nitrogens is 2. The van der Waals surface area contributed by atoms with E-state index in [1.165, 1.54) is 12.8 Å². The Balaban J connectivity index is 0.000000181. The molecule has 11 heteroatoms. The van der Waals surface area contributed by atoms with Gasteiger partial charge in [-0.1, -0.05) is 19.8 Å². The highest BCUT2D eigenvalue weighted by molar-refractivity contribution is 6.28. The number of nitrogens with two attached hydrogens (primary N) is 1. The van der Waals surface area contributed by atoms with E-state index in [-0.39, 0.29) is 29.2 Å². The van der Waals surface area contributed by atoms with E-state index < -0.39 is 0 Å². The number of hydrogen-bond acceptors (Lipinski definition) is 8. The van der Waals surface area contributed by atoms with E-state index in [2.05, 4.69) is 32.1 Å². The summed E-state index contributed by atoms with van der Waals surface area (Å²) in [5, 5.41) is 3.30. The molecule has 0 unspecified atom stereocenters. The molecule has 1 saturated heterocycles. The molecular weight excluding hydrogens is 518 g/mol. The normalized spacial score (nSPS) is 20.3. The molecule has 212 valence electrons. The van der Waals surface area contributed by atoms with Gasteiger partial charge in [0.1, 0.15) is 17.5 Å². The van der Waals surface area contributed by atoms with Crippen LogP contribution in [0.15, 0.2) is 24.4 Å². The second-order valence-electron chi connectivity index (χ2n) is 10.5. The van der Waals surface area contributed by atoms with E-state index in [4.69, 9.17) is 22.1 Å². The second kappa shape index (κ2) is 12.8. The molecule has 1 atom stereocenters. The van der Waals surface area contributed by atoms with Gasteiger partial charge in [-0.2, -0.15) is 4.98 Å². The molecule has 1 aromatic heterocycles. The van der Waals surface area contributed by atoms with Crippen molar-refractivity contribution < 1.29 is 14.3 Å². The highest BCUT2D eigenvalue weighted by Crippen LogP contribution is 2.39. The first kappa shape index (κ1) is 28.9. The molecule has 3 heterocycles. The summed E-state index contributed by atoms with van der Waals surface area (Å²) in [6.45, 7) is 4.10. The van der Waals surface area contributed by atoms with Gasteiger partial charge in [0.15, 0.2) is 5.82 Å². The van der Waals surface area contributed by atoms with Crippen molar-refractivity contribution in [1.82, 2.24) is 20.2 Å². The minimum absolute atomic E-state index is 0.0622. The summed E-state index contributed by atoms with van der Waals surface area (Å²) in [5.41, 5.74) is 7.63. The van der Waals surface area contributed by atoms with Gasteiger partial charge in [-0.15, -0.1) is 0 Å². The molecule has 1 aromatic carbocycles. The predicted molar refractivity (Wildman–Crippen MR) is 155 cm³/mol. The Morgan fingerprint density at radius 1 is 1.18 bits per heavy atom. The summed E-state index contributed by atoms with van der Waals surface area (Å²) in [5.74, 6) is 1.41. The molecule has 5 rings (SSSR count). The summed E-state index contributed by atoms with van der Waals surface area (Å²) in [7, 11) is 5.43. The van der Waals surface area contributed by atoms with Crippen LogP contribution in [-0.2, 0) is 4.79 Å². The second-order valence-corrected chi connectivity index (χ2v) is 10.9. The summed E-state index contributed by atoms with van der Waals surface area (Å²) in [6.07, 6.45) is 9.09. The van der Waals surface area contributed by atoms with Crippen LogP contribution in [0.2, 0.25) is 5.28 Å². The first-order valence-electron chi connectivity index (χ1n) is 13.7. The van der Waals surface area contributed by atoms with Crippen molar-refractivity contribution in [3.05, 3.63) is 35.2 Å². The number of benzene rings is 1. The number of amides is 2. The van der Waals surface area contributed by atoms with Crippen molar-refractivity contribution in [2.75, 3.05) is 49.8 Å². The molecule has 2 aromatic rings. The smallest absolute Gasteiger partial charge is 0.251 e. The number of ether oxygens (including phenoxy) is 1. The zero-order valence-corrected chi connectivity index (χ0v) is 24.1. The molecule has 1 saturated carbocycles. The minimum Gasteiger partial charge on any atom is -0.495 e. The number of rotatable bonds is 5. The number of carbonyl (C=O) groups is 2. The van der Waals surface area contributed by atoms with Crippen LogP contribution in [0.1, 0.15) is 62.2 Å². The lowest BCUT2D eigenvalue weighted by Gasteiger charge is -2.43. The van der Waals surface area contributed by atoms with Gasteiger partial charge in [0.05, 0.1) is 19.0 Å². The van der Waals surface area contributed by atoms with Crippen molar-refractivity contribution in [3.8, 4) is 5.75 Å². The summed E-state index contributed by atoms with van der Waals surface area (Å²) >= 11 is 5.97. The Morgan fingerprint density at radius 3 is 2.51 bits per heavy atom. The molecule has 2 amide bonds. The topological polar surface area (TPSA) is 117 Å². The third-order valence-electron chi connectivity index (χ3n) is 7.93. The number of likely N-dealkylation sites (N-methyl/N-ethyl adjacent to an activating group) is 1. The minimum atomic E-state index is -0.137. The highest BCUT2D eigenvalue weighted by atomic mass is 35.5. The van der Waals surface area contributed by atoms with Crippen molar-refractivity contribution in [2.45, 2.75) is 70.0 Å². The van der Waals surface area contributed by atoms with Crippen LogP contribution < -0.4 is 25.6 Å². The van der Waals surface area contributed by atoms with E-state index in [1.54, 1.807) is 43.5 Å². The number of likely N-dealkylation sites (tertiary alicyclic amines) is 1. The van der Waals surface area contributed by atoms with Crippen molar-refractivity contribution >= 4 is 40.6 Å². The lowest BCUT2D eigenvalue weighted by molar-refractivity contribution is -0.120. The number of carbonyl (C=O) groups excluding carboxylic acids is 2. The van der Waals surface area contributed by atoms with Gasteiger partial charge in [-0.3, -0.25) is 9.59 Å². The number of methoxy groups -OCH3 is 1. The molecule has 0 bridgehead atoms. The molecule has 0 spiro atoms. The number of fused-ring (bicyclic) bond motifs is 1. The van der Waals surface area contributed by atoms with Gasteiger partial charge in [-0.25, -0.2) is 4.98 Å². The third-order valence-corrected chi connectivity index (χ3v) is 8.11. The zero-order valence-electron chi connectivity index (χ0n) is 23.3. The first-order valence-corrected chi connectivity index (χ1v) is 14.1. The van der Waals surface area contributed by atoms with E-state index in [0.29, 0.717) is 23.0 Å². The van der Waals surface area contributed by atoms with E-state index >= 15 is 0 Å². The monoisotopic (exact) mass is 557 g/mol. The number of nitrogens with zero attached hydrogens (tertiary/aromatic N) is 5. The first-order chi connectivity index (χ1) is 18.7.